The Balaban J connectivity index is 1.51. The van der Waals surface area contributed by atoms with Gasteiger partial charge in [0.15, 0.2) is 17.1 Å². The maximum Gasteiger partial charge on any atom is 0.297 e. The Kier molecular flexibility index (Phi) is 5.25. The number of rotatable bonds is 5. The third kappa shape index (κ3) is 3.10. The number of anilines is 1. The van der Waals surface area contributed by atoms with Gasteiger partial charge < -0.3 is 4.74 Å². The highest BCUT2D eigenvalue weighted by Gasteiger charge is 2.73. The standard InChI is InChI=1S/C28H21N3O7/c1-38-16-11-12-20(21(14-16)31(36)37)30-26(34)22-19(13-15-7-3-2-4-8-15)29-28(23(22)27(30)35)24(32)17-9-5-6-10-18(17)25(28)33/h2-12,14,19,22-23,29H,13H2,1H3/t19-,22-,23+/m1/s1. The molecule has 2 heterocycles. The Labute approximate surface area is 216 Å². The summed E-state index contributed by atoms with van der Waals surface area (Å²) >= 11 is 0. The average Bonchev–Trinajstić information content (AvgIpc) is 3.48. The van der Waals surface area contributed by atoms with Crippen LogP contribution in [0.25, 0.3) is 0 Å². The SMILES string of the molecule is COc1ccc(N2C(=O)[C@H]3[C@@H](C2=O)C2(N[C@@H]3Cc3ccccc3)C(=O)c3ccccc3C2=O)c([N+](=O)[O-])c1. The number of Topliss-reactive ketones (excluding diaryl/α,β-unsaturated/α-hetero) is 2. The van der Waals surface area contributed by atoms with Crippen LogP contribution in [-0.2, 0) is 16.0 Å². The minimum atomic E-state index is -1.98. The maximum absolute atomic E-state index is 14.0. The zero-order valence-corrected chi connectivity index (χ0v) is 20.1. The van der Waals surface area contributed by atoms with Crippen molar-refractivity contribution in [2.75, 3.05) is 12.0 Å². The Hall–Kier alpha value is -4.70. The molecular weight excluding hydrogens is 490 g/mol. The van der Waals surface area contributed by atoms with Gasteiger partial charge in [0.2, 0.25) is 11.8 Å². The zero-order valence-electron chi connectivity index (χ0n) is 20.1. The molecule has 2 saturated heterocycles. The van der Waals surface area contributed by atoms with Gasteiger partial charge in [-0.05, 0) is 24.1 Å². The van der Waals surface area contributed by atoms with Crippen molar-refractivity contribution in [1.29, 1.82) is 0 Å². The van der Waals surface area contributed by atoms with E-state index in [0.29, 0.717) is 0 Å². The van der Waals surface area contributed by atoms with Gasteiger partial charge in [-0.2, -0.15) is 0 Å². The summed E-state index contributed by atoms with van der Waals surface area (Å²) < 4.78 is 5.08. The molecule has 38 heavy (non-hydrogen) atoms. The Morgan fingerprint density at radius 1 is 0.921 bits per heavy atom. The van der Waals surface area contributed by atoms with Crippen LogP contribution in [0.1, 0.15) is 26.3 Å². The van der Waals surface area contributed by atoms with E-state index in [4.69, 9.17) is 4.74 Å². The maximum atomic E-state index is 14.0. The van der Waals surface area contributed by atoms with E-state index < -0.39 is 57.4 Å². The molecule has 6 rings (SSSR count). The molecular formula is C28H21N3O7. The van der Waals surface area contributed by atoms with Crippen LogP contribution in [0.4, 0.5) is 11.4 Å². The van der Waals surface area contributed by atoms with Crippen molar-refractivity contribution in [1.82, 2.24) is 5.32 Å². The quantitative estimate of drug-likeness (QED) is 0.239. The predicted octanol–water partition coefficient (Wildman–Crippen LogP) is 2.74. The molecule has 0 bridgehead atoms. The highest BCUT2D eigenvalue weighted by molar-refractivity contribution is 6.38. The molecule has 2 fully saturated rings. The van der Waals surface area contributed by atoms with Crippen LogP contribution in [-0.4, -0.2) is 47.0 Å². The van der Waals surface area contributed by atoms with Crippen molar-refractivity contribution in [3.8, 4) is 5.75 Å². The monoisotopic (exact) mass is 511 g/mol. The molecule has 3 aromatic rings. The van der Waals surface area contributed by atoms with Gasteiger partial charge in [-0.1, -0.05) is 54.6 Å². The molecule has 10 heteroatoms. The molecule has 3 aromatic carbocycles. The average molecular weight is 511 g/mol. The van der Waals surface area contributed by atoms with Crippen LogP contribution < -0.4 is 15.0 Å². The molecule has 2 amide bonds. The number of ether oxygens (including phenoxy) is 1. The van der Waals surface area contributed by atoms with Crippen LogP contribution in [0.15, 0.2) is 72.8 Å². The number of methoxy groups -OCH3 is 1. The highest BCUT2D eigenvalue weighted by Crippen LogP contribution is 2.51. The number of fused-ring (bicyclic) bond motifs is 3. The first-order chi connectivity index (χ1) is 18.3. The van der Waals surface area contributed by atoms with E-state index in [1.165, 1.54) is 31.4 Å². The Morgan fingerprint density at radius 3 is 2.16 bits per heavy atom. The van der Waals surface area contributed by atoms with Crippen molar-refractivity contribution < 1.29 is 28.8 Å². The van der Waals surface area contributed by atoms with E-state index in [2.05, 4.69) is 5.32 Å². The third-order valence-corrected chi connectivity index (χ3v) is 7.72. The van der Waals surface area contributed by atoms with Crippen LogP contribution in [0.5, 0.6) is 5.75 Å². The summed E-state index contributed by atoms with van der Waals surface area (Å²) in [6.07, 6.45) is 0.262. The number of hydrogen-bond acceptors (Lipinski definition) is 8. The molecule has 1 N–H and O–H groups in total. The summed E-state index contributed by atoms with van der Waals surface area (Å²) in [5.41, 5.74) is -1.51. The Morgan fingerprint density at radius 2 is 1.55 bits per heavy atom. The summed E-state index contributed by atoms with van der Waals surface area (Å²) in [4.78, 5) is 67.6. The molecule has 0 saturated carbocycles. The van der Waals surface area contributed by atoms with Crippen molar-refractivity contribution in [3.05, 3.63) is 99.6 Å². The lowest BCUT2D eigenvalue weighted by Crippen LogP contribution is -2.59. The molecule has 0 aromatic heterocycles. The smallest absolute Gasteiger partial charge is 0.297 e. The normalized spacial score (nSPS) is 23.2. The van der Waals surface area contributed by atoms with Crippen LogP contribution in [0.2, 0.25) is 0 Å². The van der Waals surface area contributed by atoms with Gasteiger partial charge >= 0.3 is 0 Å². The van der Waals surface area contributed by atoms with E-state index in [-0.39, 0.29) is 29.0 Å². The molecule has 2 aliphatic heterocycles. The van der Waals surface area contributed by atoms with Gasteiger partial charge in [-0.15, -0.1) is 0 Å². The summed E-state index contributed by atoms with van der Waals surface area (Å²) in [6, 6.07) is 18.6. The number of nitrogens with one attached hydrogen (secondary N) is 1. The lowest BCUT2D eigenvalue weighted by molar-refractivity contribution is -0.384. The van der Waals surface area contributed by atoms with E-state index in [1.54, 1.807) is 12.1 Å². The van der Waals surface area contributed by atoms with Crippen molar-refractivity contribution in [2.24, 2.45) is 11.8 Å². The molecule has 190 valence electrons. The number of imide groups is 1. The van der Waals surface area contributed by atoms with Crippen LogP contribution in [0, 0.1) is 22.0 Å². The number of ketones is 2. The van der Waals surface area contributed by atoms with Crippen molar-refractivity contribution in [3.63, 3.8) is 0 Å². The number of amides is 2. The largest absolute Gasteiger partial charge is 0.496 e. The first-order valence-corrected chi connectivity index (χ1v) is 12.0. The number of nitrogens with zero attached hydrogens (tertiary/aromatic N) is 2. The molecule has 0 unspecified atom stereocenters. The number of nitro benzene ring substituents is 1. The minimum absolute atomic E-state index is 0.177. The fourth-order valence-corrected chi connectivity index (χ4v) is 6.09. The number of carbonyl (C=O) groups excluding carboxylic acids is 4. The summed E-state index contributed by atoms with van der Waals surface area (Å²) in [5, 5.41) is 15.0. The van der Waals surface area contributed by atoms with Gasteiger partial charge in [-0.3, -0.25) is 34.6 Å². The van der Waals surface area contributed by atoms with E-state index in [0.717, 1.165) is 16.5 Å². The number of nitro groups is 1. The topological polar surface area (TPSA) is 136 Å². The lowest BCUT2D eigenvalue weighted by atomic mass is 9.76. The summed E-state index contributed by atoms with van der Waals surface area (Å²) in [5.74, 6) is -4.95. The Bertz CT molecular complexity index is 1520. The third-order valence-electron chi connectivity index (χ3n) is 7.72. The molecule has 3 atom stereocenters. The molecule has 1 aliphatic carbocycles. The van der Waals surface area contributed by atoms with Gasteiger partial charge in [0.05, 0.1) is 29.9 Å². The minimum Gasteiger partial charge on any atom is -0.496 e. The second-order valence-corrected chi connectivity index (χ2v) is 9.58. The van der Waals surface area contributed by atoms with E-state index >= 15 is 0 Å². The molecule has 10 nitrogen and oxygen atoms in total. The number of hydrogen-bond donors (Lipinski definition) is 1. The summed E-state index contributed by atoms with van der Waals surface area (Å²) in [7, 11) is 1.34. The number of benzene rings is 3. The predicted molar refractivity (Wildman–Crippen MR) is 134 cm³/mol. The molecule has 3 aliphatic rings. The zero-order chi connectivity index (χ0) is 26.8. The second-order valence-electron chi connectivity index (χ2n) is 9.58. The lowest BCUT2D eigenvalue weighted by Gasteiger charge is -2.28. The number of carbonyl (C=O) groups is 4. The van der Waals surface area contributed by atoms with Gasteiger partial charge in [0.25, 0.3) is 5.69 Å². The van der Waals surface area contributed by atoms with Gasteiger partial charge in [-0.25, -0.2) is 4.90 Å². The van der Waals surface area contributed by atoms with Crippen molar-refractivity contribution >= 4 is 34.8 Å². The first kappa shape index (κ1) is 23.7. The molecule has 1 spiro atoms. The highest BCUT2D eigenvalue weighted by atomic mass is 16.6. The van der Waals surface area contributed by atoms with Gasteiger partial charge in [0, 0.05) is 17.2 Å². The molecule has 0 radical (unpaired) electrons. The first-order valence-electron chi connectivity index (χ1n) is 12.0. The fourth-order valence-electron chi connectivity index (χ4n) is 6.09. The van der Waals surface area contributed by atoms with Crippen LogP contribution in [0.3, 0.4) is 0 Å². The van der Waals surface area contributed by atoms with E-state index in [9.17, 15) is 29.3 Å². The fraction of sp³-hybridized carbons (Fsp3) is 0.214. The van der Waals surface area contributed by atoms with Gasteiger partial charge in [0.1, 0.15) is 11.4 Å². The second kappa shape index (κ2) is 8.42. The van der Waals surface area contributed by atoms with Crippen LogP contribution >= 0.6 is 0 Å². The van der Waals surface area contributed by atoms with Crippen molar-refractivity contribution in [2.45, 2.75) is 18.0 Å². The summed E-state index contributed by atoms with van der Waals surface area (Å²) in [6.45, 7) is 0. The van der Waals surface area contributed by atoms with E-state index in [1.807, 2.05) is 30.3 Å².